The highest BCUT2D eigenvalue weighted by molar-refractivity contribution is 4.94. The highest BCUT2D eigenvalue weighted by atomic mass is 14.4. The molecule has 0 spiro atoms. The molecule has 2 saturated carbocycles. The summed E-state index contributed by atoms with van der Waals surface area (Å²) >= 11 is 0. The minimum absolute atomic E-state index is 0.927. The molecule has 0 amide bonds. The summed E-state index contributed by atoms with van der Waals surface area (Å²) in [6, 6.07) is 0. The second-order valence-electron chi connectivity index (χ2n) is 3.84. The van der Waals surface area contributed by atoms with Crippen LogP contribution in [0, 0.1) is 24.2 Å². The van der Waals surface area contributed by atoms with Crippen LogP contribution in [0.4, 0.5) is 0 Å². The molecule has 2 aliphatic carbocycles. The topological polar surface area (TPSA) is 0 Å². The largest absolute Gasteiger partial charge is 0.0983 e. The fourth-order valence-electron chi connectivity index (χ4n) is 2.57. The fourth-order valence-corrected chi connectivity index (χ4v) is 2.57. The number of hydrogen-bond donors (Lipinski definition) is 0. The van der Waals surface area contributed by atoms with Crippen LogP contribution in [0.5, 0.6) is 0 Å². The average molecular weight is 123 g/mol. The van der Waals surface area contributed by atoms with E-state index >= 15 is 0 Å². The van der Waals surface area contributed by atoms with Gasteiger partial charge in [0.1, 0.15) is 0 Å². The molecule has 1 unspecified atom stereocenters. The van der Waals surface area contributed by atoms with Gasteiger partial charge in [0.25, 0.3) is 0 Å². The Morgan fingerprint density at radius 2 is 2.11 bits per heavy atom. The third kappa shape index (κ3) is 0.953. The monoisotopic (exact) mass is 123 g/mol. The Bertz CT molecular complexity index is 94.6. The molecule has 0 aromatic carbocycles. The Hall–Kier alpha value is -0.130. The molecular formula is C9H15+. The molecule has 2 fully saturated rings. The molecule has 0 heteroatoms. The van der Waals surface area contributed by atoms with E-state index in [1.54, 1.807) is 0 Å². The van der Waals surface area contributed by atoms with Gasteiger partial charge in [-0.2, -0.15) is 0 Å². The van der Waals surface area contributed by atoms with Gasteiger partial charge in [-0.15, -0.1) is 0 Å². The van der Waals surface area contributed by atoms with E-state index in [2.05, 4.69) is 13.3 Å². The molecule has 2 bridgehead atoms. The molecular weight excluding hydrogens is 108 g/mol. The minimum Gasteiger partial charge on any atom is -0.0458 e. The van der Waals surface area contributed by atoms with Gasteiger partial charge in [-0.05, 0) is 38.5 Å². The SMILES string of the molecule is CC1[CH+][C@@H]2CC[C@H](C1)C2. The third-order valence-electron chi connectivity index (χ3n) is 2.89. The summed E-state index contributed by atoms with van der Waals surface area (Å²) in [4.78, 5) is 0. The first-order valence-corrected chi connectivity index (χ1v) is 4.19. The third-order valence-corrected chi connectivity index (χ3v) is 2.89. The van der Waals surface area contributed by atoms with Crippen molar-refractivity contribution in [2.24, 2.45) is 17.8 Å². The number of rotatable bonds is 0. The summed E-state index contributed by atoms with van der Waals surface area (Å²) in [5.74, 6) is 3.05. The molecule has 50 valence electrons. The molecule has 0 aliphatic heterocycles. The van der Waals surface area contributed by atoms with E-state index in [1.807, 2.05) is 0 Å². The lowest BCUT2D eigenvalue weighted by Crippen LogP contribution is -2.13. The number of fused-ring (bicyclic) bond motifs is 2. The van der Waals surface area contributed by atoms with Crippen LogP contribution in [0.2, 0.25) is 0 Å². The zero-order chi connectivity index (χ0) is 6.27. The maximum atomic E-state index is 2.57. The van der Waals surface area contributed by atoms with Crippen LogP contribution in [-0.2, 0) is 0 Å². The zero-order valence-electron chi connectivity index (χ0n) is 6.14. The molecule has 0 N–H and O–H groups in total. The van der Waals surface area contributed by atoms with Crippen molar-refractivity contribution in [3.05, 3.63) is 6.42 Å². The van der Waals surface area contributed by atoms with Crippen molar-refractivity contribution < 1.29 is 0 Å². The van der Waals surface area contributed by atoms with Gasteiger partial charge >= 0.3 is 0 Å². The molecule has 2 rings (SSSR count). The Morgan fingerprint density at radius 3 is 2.89 bits per heavy atom. The predicted octanol–water partition coefficient (Wildman–Crippen LogP) is 2.65. The van der Waals surface area contributed by atoms with Crippen LogP contribution in [0.15, 0.2) is 0 Å². The van der Waals surface area contributed by atoms with Crippen LogP contribution in [0.25, 0.3) is 0 Å². The van der Waals surface area contributed by atoms with Crippen molar-refractivity contribution >= 4 is 0 Å². The molecule has 0 saturated heterocycles. The van der Waals surface area contributed by atoms with Crippen LogP contribution in [0.3, 0.4) is 0 Å². The second-order valence-corrected chi connectivity index (χ2v) is 3.84. The molecule has 0 aromatic rings. The van der Waals surface area contributed by atoms with Crippen molar-refractivity contribution in [3.63, 3.8) is 0 Å². The maximum absolute atomic E-state index is 2.57. The van der Waals surface area contributed by atoms with Gasteiger partial charge in [-0.3, -0.25) is 0 Å². The Labute approximate surface area is 57.6 Å². The Balaban J connectivity index is 2.03. The van der Waals surface area contributed by atoms with Crippen molar-refractivity contribution in [1.29, 1.82) is 0 Å². The van der Waals surface area contributed by atoms with E-state index in [-0.39, 0.29) is 0 Å². The van der Waals surface area contributed by atoms with Gasteiger partial charge in [0.15, 0.2) is 0 Å². The van der Waals surface area contributed by atoms with Crippen molar-refractivity contribution in [2.75, 3.05) is 0 Å². The average Bonchev–Trinajstić information content (AvgIpc) is 2.11. The van der Waals surface area contributed by atoms with E-state index in [9.17, 15) is 0 Å². The summed E-state index contributed by atoms with van der Waals surface area (Å²) in [7, 11) is 0. The van der Waals surface area contributed by atoms with Crippen molar-refractivity contribution in [1.82, 2.24) is 0 Å². The summed E-state index contributed by atoms with van der Waals surface area (Å²) in [6.07, 6.45) is 8.59. The van der Waals surface area contributed by atoms with Crippen molar-refractivity contribution in [3.8, 4) is 0 Å². The Kier molecular flexibility index (Phi) is 1.21. The van der Waals surface area contributed by atoms with Crippen LogP contribution in [-0.4, -0.2) is 0 Å². The summed E-state index contributed by atoms with van der Waals surface area (Å²) in [5, 5.41) is 0. The van der Waals surface area contributed by atoms with Gasteiger partial charge in [0.2, 0.25) is 0 Å². The van der Waals surface area contributed by atoms with E-state index in [0.29, 0.717) is 0 Å². The maximum Gasteiger partial charge on any atom is 0.0983 e. The van der Waals surface area contributed by atoms with Gasteiger partial charge in [-0.1, -0.05) is 0 Å². The first-order chi connectivity index (χ1) is 4.34. The lowest BCUT2D eigenvalue weighted by molar-refractivity contribution is 0.354. The quantitative estimate of drug-likeness (QED) is 0.434. The molecule has 0 aromatic heterocycles. The van der Waals surface area contributed by atoms with Gasteiger partial charge < -0.3 is 0 Å². The first kappa shape index (κ1) is 5.64. The normalized spacial score (nSPS) is 48.8. The van der Waals surface area contributed by atoms with E-state index < -0.39 is 0 Å². The predicted molar refractivity (Wildman–Crippen MR) is 38.9 cm³/mol. The fraction of sp³-hybridized carbons (Fsp3) is 0.889. The second kappa shape index (κ2) is 1.93. The molecule has 0 heterocycles. The van der Waals surface area contributed by atoms with E-state index in [1.165, 1.54) is 25.7 Å². The molecule has 0 radical (unpaired) electrons. The van der Waals surface area contributed by atoms with Crippen molar-refractivity contribution in [2.45, 2.75) is 32.6 Å². The van der Waals surface area contributed by atoms with Crippen LogP contribution in [0.1, 0.15) is 32.6 Å². The smallest absolute Gasteiger partial charge is 0.0458 e. The molecule has 9 heavy (non-hydrogen) atoms. The summed E-state index contributed by atoms with van der Waals surface area (Å²) < 4.78 is 0. The van der Waals surface area contributed by atoms with E-state index in [0.717, 1.165) is 17.8 Å². The standard InChI is InChI=1S/C9H15/c1-7-4-8-2-3-9(5-7)6-8/h4,7-9H,2-3,5-6H2,1H3/q+1/t7?,8-,9+/m0/s1. The minimum atomic E-state index is 0.927. The van der Waals surface area contributed by atoms with Gasteiger partial charge in [0, 0.05) is 0 Å². The molecule has 0 nitrogen and oxygen atoms in total. The molecule has 3 atom stereocenters. The summed E-state index contributed by atoms with van der Waals surface area (Å²) in [6.45, 7) is 2.37. The number of hydrogen-bond acceptors (Lipinski definition) is 0. The Morgan fingerprint density at radius 1 is 1.22 bits per heavy atom. The van der Waals surface area contributed by atoms with Gasteiger partial charge in [-0.25, -0.2) is 0 Å². The lowest BCUT2D eigenvalue weighted by Gasteiger charge is -2.16. The highest BCUT2D eigenvalue weighted by Gasteiger charge is 2.38. The van der Waals surface area contributed by atoms with Crippen LogP contribution >= 0.6 is 0 Å². The first-order valence-electron chi connectivity index (χ1n) is 4.19. The summed E-state index contributed by atoms with van der Waals surface area (Å²) in [5.41, 5.74) is 0. The van der Waals surface area contributed by atoms with E-state index in [4.69, 9.17) is 0 Å². The lowest BCUT2D eigenvalue weighted by atomic mass is 9.82. The molecule has 2 aliphatic rings. The van der Waals surface area contributed by atoms with Crippen LogP contribution < -0.4 is 0 Å². The van der Waals surface area contributed by atoms with Gasteiger partial charge in [0.05, 0.1) is 18.3 Å². The highest BCUT2D eigenvalue weighted by Crippen LogP contribution is 2.43. The zero-order valence-corrected chi connectivity index (χ0v) is 6.14.